The number of nitrogens with zero attached hydrogens (tertiary/aromatic N) is 3. The number of fused-ring (bicyclic) bond motifs is 10. The number of rotatable bonds is 49. The van der Waals surface area contributed by atoms with Gasteiger partial charge in [0.1, 0.15) is 54.0 Å². The van der Waals surface area contributed by atoms with Gasteiger partial charge in [-0.25, -0.2) is 9.78 Å². The number of aromatic nitrogens is 1. The van der Waals surface area contributed by atoms with Crippen molar-refractivity contribution in [3.05, 3.63) is 117 Å². The number of nitrogens with two attached hydrogens (primary N) is 1. The molecule has 5 aliphatic rings. The number of anilines is 2. The van der Waals surface area contributed by atoms with E-state index in [1.165, 1.54) is 44.6 Å². The number of hydrogen-bond donors (Lipinski definition) is 8. The van der Waals surface area contributed by atoms with Gasteiger partial charge in [-0.3, -0.25) is 52.8 Å². The molecule has 139 heavy (non-hydrogen) atoms. The number of ketones is 2. The number of methoxy groups -OCH3 is 1. The number of likely N-dealkylation sites (tertiary alicyclic amines) is 1. The van der Waals surface area contributed by atoms with E-state index in [1.807, 2.05) is 88.5 Å². The minimum Gasteiger partial charge on any atom is -0.505 e. The Morgan fingerprint density at radius 1 is 0.727 bits per heavy atom. The first kappa shape index (κ1) is 112. The average molecular weight is 1940 g/mol. The van der Waals surface area contributed by atoms with Crippen LogP contribution in [0.1, 0.15) is 157 Å². The molecule has 1 saturated heterocycles. The fourth-order valence-corrected chi connectivity index (χ4v) is 18.4. The number of quaternary nitrogens is 1. The lowest BCUT2D eigenvalue weighted by atomic mass is 9.73. The molecule has 4 aromatic carbocycles. The van der Waals surface area contributed by atoms with Crippen molar-refractivity contribution in [3.8, 4) is 17.2 Å². The number of Topliss-reactive ketones (excluding diaryl/α,β-unsaturated/α-hetero) is 2. The molecule has 7 bridgehead atoms. The van der Waals surface area contributed by atoms with E-state index < -0.39 is 82.8 Å². The highest BCUT2D eigenvalue weighted by atomic mass is 16.7. The van der Waals surface area contributed by atoms with Crippen molar-refractivity contribution >= 4 is 103 Å². The predicted octanol–water partition coefficient (Wildman–Crippen LogP) is 10.9. The van der Waals surface area contributed by atoms with Gasteiger partial charge in [-0.05, 0) is 119 Å². The van der Waals surface area contributed by atoms with Crippen LogP contribution in [0.25, 0.3) is 33.0 Å². The van der Waals surface area contributed by atoms with Crippen molar-refractivity contribution in [3.63, 3.8) is 0 Å². The summed E-state index contributed by atoms with van der Waals surface area (Å²) in [5, 5.41) is 37.5. The van der Waals surface area contributed by atoms with E-state index in [9.17, 15) is 58.2 Å². The van der Waals surface area contributed by atoms with Crippen molar-refractivity contribution in [2.75, 3.05) is 170 Å². The standard InChI is InChI=1S/C72H95N7O17.C31H52N2O10/c1-16-91-32-29-55(82)77-59(38(2)3)52(81)35-48(21-18-30-74-71(73)89)70(88)75-49-24-22-47(23-25-49)37-79(13,14)31-34-92-50-26-27-51-54(36-50)95-67-60(76-51)56-57-63(84)45(10)66-58(56)68(86)72(12,96-66)93-33-28-53(90-15)44(9)65(94-46(11)80)43(8)41(6)42(7)62(83)39(4)19-17-20-40(5)69(87)78-61(67)64(57)85;1-4-37-9-10-39-13-14-41-17-18-43-20-19-42-16-15-40-12-11-38-8-6-32-27(34)5-7-33-30(35)28-24-21-25(23(2)3)26(22-24)29(28)31(33)36/h17,19-20,22-28,33,36,38-39,41-44,48,53,59,62,65,83H,16,18,21,29-32,34-35,37H2,1-15H3,(H6-,73,74,75,76,77,78,82,84,85,86,87,88,89);21,23-24,26,28-29H,4-20,22H2,1-3H3,(H,32,34)/p+1/b19-17+,33-28+,40-20-;/t39-,41+,42-,43+,44+,48+,53-,59-,62-,65?,72-;/m0./s1. The molecule has 10 rings (SSSR count). The van der Waals surface area contributed by atoms with Crippen LogP contribution in [0.2, 0.25) is 0 Å². The van der Waals surface area contributed by atoms with E-state index in [2.05, 4.69) is 46.5 Å². The van der Waals surface area contributed by atoms with Crippen molar-refractivity contribution in [1.82, 2.24) is 25.8 Å². The highest BCUT2D eigenvalue weighted by molar-refractivity contribution is 6.26. The second-order valence-electron chi connectivity index (χ2n) is 37.8. The molecule has 36 nitrogen and oxygen atoms in total. The first-order valence-electron chi connectivity index (χ1n) is 48.6. The fourth-order valence-electron chi connectivity index (χ4n) is 18.4. The van der Waals surface area contributed by atoms with E-state index in [-0.39, 0.29) is 196 Å². The summed E-state index contributed by atoms with van der Waals surface area (Å²) in [5.74, 6) is -8.19. The number of aromatic hydroxyl groups is 1. The maximum atomic E-state index is 15.0. The molecule has 15 atom stereocenters. The number of amides is 8. The van der Waals surface area contributed by atoms with Crippen LogP contribution in [0.15, 0.2) is 99.5 Å². The topological polar surface area (TPSA) is 464 Å². The summed E-state index contributed by atoms with van der Waals surface area (Å²) in [6.07, 6.45) is 9.35. The van der Waals surface area contributed by atoms with E-state index in [4.69, 9.17) is 76.7 Å². The summed E-state index contributed by atoms with van der Waals surface area (Å²) in [4.78, 5) is 153. The van der Waals surface area contributed by atoms with Crippen molar-refractivity contribution in [2.45, 2.75) is 179 Å². The number of likely N-dealkylation sites (N-methyl/N-ethyl adjacent to an activating group) is 1. The van der Waals surface area contributed by atoms with Gasteiger partial charge in [-0.1, -0.05) is 104 Å². The molecule has 0 radical (unpaired) electrons. The van der Waals surface area contributed by atoms with Crippen LogP contribution in [0.5, 0.6) is 17.2 Å². The molecule has 5 aromatic rings. The molecular formula is C103H148N9O27+. The lowest BCUT2D eigenvalue weighted by Gasteiger charge is -2.39. The molecule has 2 fully saturated rings. The summed E-state index contributed by atoms with van der Waals surface area (Å²) in [5.41, 5.74) is 7.23. The quantitative estimate of drug-likeness (QED) is 0.00262. The normalized spacial score (nSPS) is 23.4. The van der Waals surface area contributed by atoms with Gasteiger partial charge in [0.15, 0.2) is 28.1 Å². The predicted molar refractivity (Wildman–Crippen MR) is 521 cm³/mol. The number of nitrogens with one attached hydrogen (secondary N) is 5. The Balaban J connectivity index is 0.000000418. The molecular weight excluding hydrogens is 1800 g/mol. The monoisotopic (exact) mass is 1940 g/mol. The molecule has 3 aliphatic heterocycles. The number of urea groups is 1. The van der Waals surface area contributed by atoms with Crippen molar-refractivity contribution in [1.29, 1.82) is 0 Å². The number of imide groups is 1. The van der Waals surface area contributed by atoms with E-state index in [0.717, 1.165) is 12.0 Å². The van der Waals surface area contributed by atoms with Gasteiger partial charge in [0, 0.05) is 125 Å². The molecule has 1 saturated carbocycles. The molecule has 4 heterocycles. The average Bonchev–Trinajstić information content (AvgIpc) is 1.68. The Hall–Kier alpha value is -10.6. The maximum Gasteiger partial charge on any atom is 0.312 e. The van der Waals surface area contributed by atoms with Crippen molar-refractivity contribution < 1.29 is 129 Å². The number of aliphatic hydroxyl groups excluding tert-OH is 1. The Morgan fingerprint density at radius 2 is 1.35 bits per heavy atom. The summed E-state index contributed by atoms with van der Waals surface area (Å²) in [6, 6.07) is 10.8. The Labute approximate surface area is 814 Å². The third kappa shape index (κ3) is 30.7. The number of primary amides is 1. The number of carbonyl (C=O) groups excluding carboxylic acids is 10. The van der Waals surface area contributed by atoms with Crippen LogP contribution >= 0.6 is 0 Å². The Kier molecular flexibility index (Phi) is 43.4. The van der Waals surface area contributed by atoms with E-state index in [1.54, 1.807) is 61.6 Å². The highest BCUT2D eigenvalue weighted by Gasteiger charge is 2.61. The molecule has 8 amide bonds. The van der Waals surface area contributed by atoms with Crippen LogP contribution in [0, 0.1) is 77.9 Å². The number of benzene rings is 4. The van der Waals surface area contributed by atoms with Gasteiger partial charge in [-0.2, -0.15) is 0 Å². The molecule has 5 unspecified atom stereocenters. The Morgan fingerprint density at radius 3 is 1.95 bits per heavy atom. The number of hydrogen-bond acceptors (Lipinski definition) is 28. The fraction of sp³-hybridized carbons (Fsp3) is 0.612. The third-order valence-electron chi connectivity index (χ3n) is 26.5. The summed E-state index contributed by atoms with van der Waals surface area (Å²) >= 11 is 0. The van der Waals surface area contributed by atoms with Crippen LogP contribution < -0.4 is 47.2 Å². The number of esters is 1. The van der Waals surface area contributed by atoms with E-state index >= 15 is 4.79 Å². The first-order valence-corrected chi connectivity index (χ1v) is 48.6. The summed E-state index contributed by atoms with van der Waals surface area (Å²) < 4.78 is 80.9. The minimum atomic E-state index is -2.07. The van der Waals surface area contributed by atoms with Crippen LogP contribution in [0.3, 0.4) is 0 Å². The number of allylic oxidation sites excluding steroid dienone is 4. The lowest BCUT2D eigenvalue weighted by Crippen LogP contribution is -2.45. The molecule has 1 aromatic heterocycles. The minimum absolute atomic E-state index is 0.0283. The van der Waals surface area contributed by atoms with Crippen molar-refractivity contribution in [2.24, 2.45) is 76.7 Å². The molecule has 2 aliphatic carbocycles. The zero-order valence-electron chi connectivity index (χ0n) is 84.1. The van der Waals surface area contributed by atoms with Gasteiger partial charge in [-0.15, -0.1) is 0 Å². The second-order valence-corrected chi connectivity index (χ2v) is 37.8. The number of phenols is 1. The molecule has 0 spiro atoms. The number of phenolic OH excluding ortho intramolecular Hbond substituents is 1. The zero-order chi connectivity index (χ0) is 102. The lowest BCUT2D eigenvalue weighted by molar-refractivity contribution is -0.903. The summed E-state index contributed by atoms with van der Waals surface area (Å²) in [7, 11) is 5.56. The van der Waals surface area contributed by atoms with Gasteiger partial charge in [0.25, 0.3) is 11.7 Å². The van der Waals surface area contributed by atoms with Crippen LogP contribution in [-0.2, 0) is 97.0 Å². The summed E-state index contributed by atoms with van der Waals surface area (Å²) in [6.45, 7) is 36.8. The zero-order valence-corrected chi connectivity index (χ0v) is 84.1. The molecule has 9 N–H and O–H groups in total. The number of ether oxygens (including phenoxy) is 13. The van der Waals surface area contributed by atoms with Gasteiger partial charge in [0.2, 0.25) is 29.5 Å². The third-order valence-corrected chi connectivity index (χ3v) is 26.5. The molecule has 766 valence electrons. The van der Waals surface area contributed by atoms with Gasteiger partial charge >= 0.3 is 17.8 Å². The van der Waals surface area contributed by atoms with Crippen LogP contribution in [0.4, 0.5) is 16.2 Å². The van der Waals surface area contributed by atoms with Gasteiger partial charge in [0.05, 0.1) is 154 Å². The Bertz CT molecular complexity index is 5220. The first-order chi connectivity index (χ1) is 66.3. The maximum absolute atomic E-state index is 15.0. The second kappa shape index (κ2) is 53.8. The molecule has 36 heteroatoms. The largest absolute Gasteiger partial charge is 0.505 e. The smallest absolute Gasteiger partial charge is 0.312 e. The van der Waals surface area contributed by atoms with Gasteiger partial charge < -0.3 is 113 Å². The number of carbonyl (C=O) groups is 10. The SMILES string of the molecule is CCOCCC(=O)N[C@H](C(=O)C[C@@H](CCCNC(N)=O)C(=O)Nc1ccc(C[N+](C)(C)CCOc2ccc3nc4c(oc3c2)c2c(O)c3c(=O)c(C)c5c(c34)C(=O)[C@@](C)(O/C=C/[C@H](OC)[C@@H](C)C(OC(C)=O)[C@H](C)[C@H](C)[C@H](C)[C@@H](O)[C@@H](C)/C=C/C=C(/C)C(=O)N2)O5)cc1)C(C)C.CCOCCOCCOCCOCCOCCOCCOCCNC(=O)CCN1C(=O)C2C3C=C(C(C)C)C(C3)C2C1=O. The number of aliphatic hydroxyl groups is 1. The highest BCUT2D eigenvalue weighted by Crippen LogP contribution is 2.57. The van der Waals surface area contributed by atoms with E-state index in [0.29, 0.717) is 147 Å². The van der Waals surface area contributed by atoms with Crippen LogP contribution in [-0.4, -0.2) is 273 Å².